The van der Waals surface area contributed by atoms with E-state index in [1.165, 1.54) is 96.3 Å². The summed E-state index contributed by atoms with van der Waals surface area (Å²) in [6, 6.07) is 0. The summed E-state index contributed by atoms with van der Waals surface area (Å²) in [5.41, 5.74) is 0.0177. The molecule has 0 spiro atoms. The van der Waals surface area contributed by atoms with Gasteiger partial charge in [0, 0.05) is 6.42 Å². The molecule has 1 saturated carbocycles. The van der Waals surface area contributed by atoms with Crippen LogP contribution < -0.4 is 0 Å². The van der Waals surface area contributed by atoms with Gasteiger partial charge in [0.2, 0.25) is 0 Å². The van der Waals surface area contributed by atoms with Crippen LogP contribution >= 0.6 is 0 Å². The molecule has 0 saturated heterocycles. The second-order valence-electron chi connectivity index (χ2n) is 9.57. The topological polar surface area (TPSA) is 21.6 Å². The zero-order valence-electron chi connectivity index (χ0n) is 18.0. The van der Waals surface area contributed by atoms with Crippen molar-refractivity contribution in [3.05, 3.63) is 0 Å². The van der Waals surface area contributed by atoms with Crippen molar-refractivity contribution < 1.29 is 4.74 Å². The quantitative estimate of drug-likeness (QED) is 0.290. The van der Waals surface area contributed by atoms with Crippen LogP contribution in [0.4, 0.5) is 0 Å². The monoisotopic (exact) mass is 363 g/mol. The summed E-state index contributed by atoms with van der Waals surface area (Å²) in [5.74, 6) is 3.15. The van der Waals surface area contributed by atoms with Crippen molar-refractivity contribution in [3.8, 4) is 0 Å². The van der Waals surface area contributed by atoms with Crippen LogP contribution in [0.3, 0.4) is 0 Å². The fourth-order valence-electron chi connectivity index (χ4n) is 4.87. The lowest BCUT2D eigenvalue weighted by Gasteiger charge is -2.19. The number of aliphatic imine (C=N–C) groups is 1. The number of unbranched alkanes of at least 4 members (excludes halogenated alkanes) is 8. The number of nitrogens with zero attached hydrogens (tertiary/aromatic N) is 1. The SMILES string of the molecule is CCCCC1CCCC1CCCCCCCCCCC1=NC(C)(C)CO1. The molecule has 1 heterocycles. The lowest BCUT2D eigenvalue weighted by Crippen LogP contribution is -2.17. The zero-order chi connectivity index (χ0) is 18.7. The fraction of sp³-hybridized carbons (Fsp3) is 0.958. The molecule has 1 fully saturated rings. The summed E-state index contributed by atoms with van der Waals surface area (Å²) in [7, 11) is 0. The molecule has 2 rings (SSSR count). The van der Waals surface area contributed by atoms with Crippen LogP contribution in [0.1, 0.15) is 124 Å². The van der Waals surface area contributed by atoms with Gasteiger partial charge < -0.3 is 4.74 Å². The van der Waals surface area contributed by atoms with Crippen LogP contribution in [0.15, 0.2) is 4.99 Å². The largest absolute Gasteiger partial charge is 0.478 e. The first-order valence-corrected chi connectivity index (χ1v) is 11.8. The van der Waals surface area contributed by atoms with Gasteiger partial charge in [-0.05, 0) is 32.1 Å². The van der Waals surface area contributed by atoms with E-state index in [1.54, 1.807) is 0 Å². The van der Waals surface area contributed by atoms with E-state index in [0.29, 0.717) is 0 Å². The lowest BCUT2D eigenvalue weighted by molar-refractivity contribution is 0.273. The first kappa shape index (κ1) is 21.8. The smallest absolute Gasteiger partial charge is 0.183 e. The zero-order valence-corrected chi connectivity index (χ0v) is 18.0. The van der Waals surface area contributed by atoms with Gasteiger partial charge in [0.25, 0.3) is 0 Å². The van der Waals surface area contributed by atoms with E-state index >= 15 is 0 Å². The van der Waals surface area contributed by atoms with E-state index in [0.717, 1.165) is 30.8 Å². The molecule has 0 aromatic rings. The van der Waals surface area contributed by atoms with Gasteiger partial charge in [-0.2, -0.15) is 0 Å². The molecule has 2 unspecified atom stereocenters. The molecule has 0 N–H and O–H groups in total. The molecule has 0 radical (unpaired) electrons. The van der Waals surface area contributed by atoms with Crippen molar-refractivity contribution in [3.63, 3.8) is 0 Å². The minimum atomic E-state index is 0.0177. The minimum absolute atomic E-state index is 0.0177. The summed E-state index contributed by atoms with van der Waals surface area (Å²) < 4.78 is 5.66. The Kier molecular flexibility index (Phi) is 10.1. The Morgan fingerprint density at radius 1 is 0.846 bits per heavy atom. The Bertz CT molecular complexity index is 401. The molecule has 0 aromatic carbocycles. The maximum Gasteiger partial charge on any atom is 0.183 e. The summed E-state index contributed by atoms with van der Waals surface area (Å²) in [4.78, 5) is 4.64. The van der Waals surface area contributed by atoms with Gasteiger partial charge in [-0.1, -0.05) is 96.8 Å². The van der Waals surface area contributed by atoms with Gasteiger partial charge in [-0.15, -0.1) is 0 Å². The molecule has 2 atom stereocenters. The van der Waals surface area contributed by atoms with E-state index in [1.807, 2.05) is 0 Å². The summed E-state index contributed by atoms with van der Waals surface area (Å²) >= 11 is 0. The van der Waals surface area contributed by atoms with Crippen LogP contribution in [-0.2, 0) is 4.74 Å². The van der Waals surface area contributed by atoms with E-state index in [-0.39, 0.29) is 5.54 Å². The van der Waals surface area contributed by atoms with Gasteiger partial charge in [0.05, 0.1) is 5.54 Å². The first-order valence-electron chi connectivity index (χ1n) is 11.8. The van der Waals surface area contributed by atoms with Crippen LogP contribution in [0.5, 0.6) is 0 Å². The third-order valence-corrected chi connectivity index (χ3v) is 6.48. The summed E-state index contributed by atoms with van der Waals surface area (Å²) in [5, 5.41) is 0. The molecule has 26 heavy (non-hydrogen) atoms. The highest BCUT2D eigenvalue weighted by Crippen LogP contribution is 2.38. The average Bonchev–Trinajstić information content (AvgIpc) is 3.20. The average molecular weight is 364 g/mol. The van der Waals surface area contributed by atoms with E-state index in [2.05, 4.69) is 25.8 Å². The minimum Gasteiger partial charge on any atom is -0.478 e. The van der Waals surface area contributed by atoms with E-state index < -0.39 is 0 Å². The van der Waals surface area contributed by atoms with Crippen molar-refractivity contribution in [1.82, 2.24) is 0 Å². The molecule has 2 aliphatic rings. The second kappa shape index (κ2) is 12.0. The molecule has 1 aliphatic heterocycles. The lowest BCUT2D eigenvalue weighted by atomic mass is 9.87. The van der Waals surface area contributed by atoms with Gasteiger partial charge >= 0.3 is 0 Å². The Morgan fingerprint density at radius 2 is 1.42 bits per heavy atom. The third kappa shape index (κ3) is 8.44. The summed E-state index contributed by atoms with van der Waals surface area (Å²) in [6.07, 6.45) is 22.7. The maximum absolute atomic E-state index is 5.66. The molecule has 152 valence electrons. The Balaban J connectivity index is 1.37. The molecule has 2 heteroatoms. The highest BCUT2D eigenvalue weighted by Gasteiger charge is 2.26. The maximum atomic E-state index is 5.66. The predicted octanol–water partition coefficient (Wildman–Crippen LogP) is 7.70. The molecular weight excluding hydrogens is 318 g/mol. The van der Waals surface area contributed by atoms with E-state index in [4.69, 9.17) is 4.74 Å². The Hall–Kier alpha value is -0.530. The summed E-state index contributed by atoms with van der Waals surface area (Å²) in [6.45, 7) is 7.40. The molecule has 0 aromatic heterocycles. The van der Waals surface area contributed by atoms with Gasteiger partial charge in [-0.25, -0.2) is 4.99 Å². The van der Waals surface area contributed by atoms with Crippen LogP contribution in [0, 0.1) is 11.8 Å². The highest BCUT2D eigenvalue weighted by atomic mass is 16.5. The Labute approximate surface area is 163 Å². The van der Waals surface area contributed by atoms with E-state index in [9.17, 15) is 0 Å². The Morgan fingerprint density at radius 3 is 2.00 bits per heavy atom. The molecule has 1 aliphatic carbocycles. The molecule has 2 nitrogen and oxygen atoms in total. The van der Waals surface area contributed by atoms with Crippen molar-refractivity contribution in [2.75, 3.05) is 6.61 Å². The molecule has 0 bridgehead atoms. The number of hydrogen-bond donors (Lipinski definition) is 0. The fourth-order valence-corrected chi connectivity index (χ4v) is 4.87. The normalized spacial score (nSPS) is 24.7. The van der Waals surface area contributed by atoms with Crippen LogP contribution in [0.2, 0.25) is 0 Å². The standard InChI is InChI=1S/C24H45NO/c1-4-5-15-21-17-14-18-22(21)16-12-10-8-6-7-9-11-13-19-23-25-24(2,3)20-26-23/h21-22H,4-20H2,1-3H3. The number of hydrogen-bond acceptors (Lipinski definition) is 2. The van der Waals surface area contributed by atoms with Crippen LogP contribution in [-0.4, -0.2) is 18.0 Å². The number of rotatable bonds is 14. The molecular formula is C24H45NO. The number of ether oxygens (including phenoxy) is 1. The van der Waals surface area contributed by atoms with Crippen molar-refractivity contribution in [2.24, 2.45) is 16.8 Å². The van der Waals surface area contributed by atoms with Crippen molar-refractivity contribution >= 4 is 5.90 Å². The van der Waals surface area contributed by atoms with Crippen molar-refractivity contribution in [2.45, 2.75) is 129 Å². The first-order chi connectivity index (χ1) is 12.6. The van der Waals surface area contributed by atoms with Gasteiger partial charge in [0.1, 0.15) is 6.61 Å². The van der Waals surface area contributed by atoms with Gasteiger partial charge in [0.15, 0.2) is 5.90 Å². The van der Waals surface area contributed by atoms with Crippen LogP contribution in [0.25, 0.3) is 0 Å². The third-order valence-electron chi connectivity index (χ3n) is 6.48. The second-order valence-corrected chi connectivity index (χ2v) is 9.57. The predicted molar refractivity (Wildman–Crippen MR) is 114 cm³/mol. The van der Waals surface area contributed by atoms with Gasteiger partial charge in [-0.3, -0.25) is 0 Å². The molecule has 0 amide bonds. The highest BCUT2D eigenvalue weighted by molar-refractivity contribution is 5.78. The van der Waals surface area contributed by atoms with Crippen molar-refractivity contribution in [1.29, 1.82) is 0 Å².